The molecule has 0 aromatic heterocycles. The Morgan fingerprint density at radius 2 is 2.27 bits per heavy atom. The third kappa shape index (κ3) is 3.17. The highest BCUT2D eigenvalue weighted by Gasteiger charge is 2.12. The highest BCUT2D eigenvalue weighted by molar-refractivity contribution is 9.10. The van der Waals surface area contributed by atoms with E-state index in [0.717, 1.165) is 4.47 Å². The lowest BCUT2D eigenvalue weighted by Crippen LogP contribution is -2.21. The third-order valence-electron chi connectivity index (χ3n) is 1.64. The average molecular weight is 289 g/mol. The van der Waals surface area contributed by atoms with Crippen LogP contribution in [0.2, 0.25) is 0 Å². The van der Waals surface area contributed by atoms with E-state index in [1.165, 1.54) is 7.11 Å². The average Bonchev–Trinajstić information content (AvgIpc) is 2.16. The molecule has 0 aliphatic rings. The first kappa shape index (κ1) is 11.9. The molecule has 0 radical (unpaired) electrons. The van der Waals surface area contributed by atoms with Crippen LogP contribution >= 0.6 is 28.1 Å². The van der Waals surface area contributed by atoms with Crippen molar-refractivity contribution in [2.24, 2.45) is 5.73 Å². The van der Waals surface area contributed by atoms with Crippen molar-refractivity contribution in [2.45, 2.75) is 0 Å². The van der Waals surface area contributed by atoms with E-state index in [9.17, 15) is 4.79 Å². The highest BCUT2D eigenvalue weighted by Crippen LogP contribution is 2.22. The number of benzene rings is 1. The maximum Gasteiger partial charge on any atom is 0.339 e. The van der Waals surface area contributed by atoms with E-state index in [1.807, 2.05) is 0 Å². The number of nitrogens with two attached hydrogens (primary N) is 1. The lowest BCUT2D eigenvalue weighted by Gasteiger charge is -2.09. The molecule has 0 atom stereocenters. The summed E-state index contributed by atoms with van der Waals surface area (Å²) in [5, 5.41) is 2.80. The zero-order chi connectivity index (χ0) is 11.4. The lowest BCUT2D eigenvalue weighted by atomic mass is 10.2. The maximum atomic E-state index is 11.4. The number of rotatable bonds is 2. The van der Waals surface area contributed by atoms with Gasteiger partial charge >= 0.3 is 5.97 Å². The predicted molar refractivity (Wildman–Crippen MR) is 65.9 cm³/mol. The van der Waals surface area contributed by atoms with Crippen molar-refractivity contribution in [3.63, 3.8) is 0 Å². The van der Waals surface area contributed by atoms with Gasteiger partial charge in [-0.3, -0.25) is 0 Å². The largest absolute Gasteiger partial charge is 0.465 e. The van der Waals surface area contributed by atoms with Gasteiger partial charge in [0, 0.05) is 4.47 Å². The molecule has 80 valence electrons. The molecule has 0 aliphatic carbocycles. The quantitative estimate of drug-likeness (QED) is 0.643. The van der Waals surface area contributed by atoms with Crippen LogP contribution in [0.1, 0.15) is 10.4 Å². The summed E-state index contributed by atoms with van der Waals surface area (Å²) in [6.45, 7) is 0. The number of thiocarbonyl (C=S) groups is 1. The van der Waals surface area contributed by atoms with E-state index in [1.54, 1.807) is 18.2 Å². The molecule has 0 aliphatic heterocycles. The minimum Gasteiger partial charge on any atom is -0.465 e. The van der Waals surface area contributed by atoms with E-state index in [4.69, 9.17) is 18.0 Å². The first-order chi connectivity index (χ1) is 7.04. The fraction of sp³-hybridized carbons (Fsp3) is 0.111. The second-order valence-corrected chi connectivity index (χ2v) is 4.03. The van der Waals surface area contributed by atoms with E-state index < -0.39 is 5.97 Å². The number of halogens is 1. The molecule has 0 amide bonds. The van der Waals surface area contributed by atoms with Crippen LogP contribution in [0, 0.1) is 0 Å². The van der Waals surface area contributed by atoms with Crippen LogP contribution in [-0.4, -0.2) is 18.2 Å². The number of hydrogen-bond donors (Lipinski definition) is 2. The molecule has 0 fully saturated rings. The molecule has 1 rings (SSSR count). The summed E-state index contributed by atoms with van der Waals surface area (Å²) < 4.78 is 5.43. The monoisotopic (exact) mass is 288 g/mol. The number of esters is 1. The number of hydrogen-bond acceptors (Lipinski definition) is 3. The molecule has 4 nitrogen and oxygen atoms in total. The van der Waals surface area contributed by atoms with Crippen LogP contribution in [0.4, 0.5) is 5.69 Å². The number of carbonyl (C=O) groups excluding carboxylic acids is 1. The molecular formula is C9H9BrN2O2S. The number of anilines is 1. The number of carbonyl (C=O) groups is 1. The maximum absolute atomic E-state index is 11.4. The van der Waals surface area contributed by atoms with Crippen LogP contribution < -0.4 is 11.1 Å². The molecular weight excluding hydrogens is 280 g/mol. The molecule has 15 heavy (non-hydrogen) atoms. The Morgan fingerprint density at radius 1 is 1.60 bits per heavy atom. The normalized spacial score (nSPS) is 9.47. The van der Waals surface area contributed by atoms with Gasteiger partial charge in [-0.25, -0.2) is 4.79 Å². The summed E-state index contributed by atoms with van der Waals surface area (Å²) in [6.07, 6.45) is 0. The van der Waals surface area contributed by atoms with Crippen LogP contribution in [0.15, 0.2) is 22.7 Å². The number of methoxy groups -OCH3 is 1. The van der Waals surface area contributed by atoms with Gasteiger partial charge in [0.25, 0.3) is 0 Å². The topological polar surface area (TPSA) is 64.3 Å². The van der Waals surface area contributed by atoms with Gasteiger partial charge in [-0.05, 0) is 30.4 Å². The van der Waals surface area contributed by atoms with Crippen molar-refractivity contribution < 1.29 is 9.53 Å². The fourth-order valence-corrected chi connectivity index (χ4v) is 1.51. The third-order valence-corrected chi connectivity index (χ3v) is 2.24. The van der Waals surface area contributed by atoms with E-state index >= 15 is 0 Å². The molecule has 0 bridgehead atoms. The molecule has 6 heteroatoms. The van der Waals surface area contributed by atoms with Crippen LogP contribution in [-0.2, 0) is 4.74 Å². The standard InChI is InChI=1S/C9H9BrN2O2S/c1-14-8(13)6-3-2-5(10)4-7(6)12-9(11)15/h2-4H,1H3,(H3,11,12,15). The fourth-order valence-electron chi connectivity index (χ4n) is 1.04. The Bertz CT molecular complexity index is 409. The van der Waals surface area contributed by atoms with Crippen molar-refractivity contribution in [3.8, 4) is 0 Å². The van der Waals surface area contributed by atoms with Gasteiger partial charge in [-0.15, -0.1) is 0 Å². The van der Waals surface area contributed by atoms with Crippen LogP contribution in [0.3, 0.4) is 0 Å². The minimum absolute atomic E-state index is 0.0956. The van der Waals surface area contributed by atoms with Gasteiger partial charge in [0.15, 0.2) is 5.11 Å². The SMILES string of the molecule is COC(=O)c1ccc(Br)cc1NC(N)=S. The van der Waals surface area contributed by atoms with Gasteiger partial charge in [0.05, 0.1) is 18.4 Å². The predicted octanol–water partition coefficient (Wildman–Crippen LogP) is 1.89. The molecule has 1 aromatic rings. The van der Waals surface area contributed by atoms with Gasteiger partial charge < -0.3 is 15.8 Å². The van der Waals surface area contributed by atoms with Gasteiger partial charge in [0.1, 0.15) is 0 Å². The first-order valence-electron chi connectivity index (χ1n) is 3.99. The van der Waals surface area contributed by atoms with Crippen molar-refractivity contribution in [2.75, 3.05) is 12.4 Å². The van der Waals surface area contributed by atoms with Crippen molar-refractivity contribution in [1.82, 2.24) is 0 Å². The van der Waals surface area contributed by atoms with Crippen molar-refractivity contribution in [3.05, 3.63) is 28.2 Å². The van der Waals surface area contributed by atoms with E-state index in [2.05, 4.69) is 26.0 Å². The second kappa shape index (κ2) is 5.09. The molecule has 0 saturated heterocycles. The van der Waals surface area contributed by atoms with Gasteiger partial charge in [-0.2, -0.15) is 0 Å². The summed E-state index contributed by atoms with van der Waals surface area (Å²) in [7, 11) is 1.31. The van der Waals surface area contributed by atoms with Crippen LogP contribution in [0.5, 0.6) is 0 Å². The molecule has 0 heterocycles. The summed E-state index contributed by atoms with van der Waals surface area (Å²) >= 11 is 7.98. The Kier molecular flexibility index (Phi) is 4.05. The minimum atomic E-state index is -0.443. The first-order valence-corrected chi connectivity index (χ1v) is 5.19. The molecule has 0 spiro atoms. The summed E-state index contributed by atoms with van der Waals surface area (Å²) in [5.41, 5.74) is 6.24. The Labute approximate surface area is 101 Å². The lowest BCUT2D eigenvalue weighted by molar-refractivity contribution is 0.0602. The molecule has 3 N–H and O–H groups in total. The summed E-state index contributed by atoms with van der Waals surface area (Å²) in [4.78, 5) is 11.4. The summed E-state index contributed by atoms with van der Waals surface area (Å²) in [5.74, 6) is -0.443. The van der Waals surface area contributed by atoms with Crippen molar-refractivity contribution >= 4 is 44.9 Å². The number of ether oxygens (including phenoxy) is 1. The molecule has 1 aromatic carbocycles. The molecule has 0 saturated carbocycles. The summed E-state index contributed by atoms with van der Waals surface area (Å²) in [6, 6.07) is 5.05. The molecule has 0 unspecified atom stereocenters. The Hall–Kier alpha value is -1.14. The highest BCUT2D eigenvalue weighted by atomic mass is 79.9. The van der Waals surface area contributed by atoms with Crippen LogP contribution in [0.25, 0.3) is 0 Å². The Morgan fingerprint density at radius 3 is 2.80 bits per heavy atom. The Balaban J connectivity index is 3.13. The van der Waals surface area contributed by atoms with Gasteiger partial charge in [0.2, 0.25) is 0 Å². The number of nitrogens with one attached hydrogen (secondary N) is 1. The van der Waals surface area contributed by atoms with Gasteiger partial charge in [-0.1, -0.05) is 15.9 Å². The zero-order valence-electron chi connectivity index (χ0n) is 7.91. The second-order valence-electron chi connectivity index (χ2n) is 2.67. The van der Waals surface area contributed by atoms with E-state index in [0.29, 0.717) is 11.3 Å². The van der Waals surface area contributed by atoms with Crippen molar-refractivity contribution in [1.29, 1.82) is 0 Å². The van der Waals surface area contributed by atoms with E-state index in [-0.39, 0.29) is 5.11 Å². The smallest absolute Gasteiger partial charge is 0.339 e. The zero-order valence-corrected chi connectivity index (χ0v) is 10.3.